The molecule has 0 saturated heterocycles. The molecule has 8 heteroatoms. The number of aliphatic hydroxyl groups is 1. The molecule has 2 aliphatic rings. The minimum absolute atomic E-state index is 0.254. The molecule has 1 atom stereocenters. The van der Waals surface area contributed by atoms with Crippen molar-refractivity contribution in [1.82, 2.24) is 4.58 Å². The maximum Gasteiger partial charge on any atom is 0.338 e. The SMILES string of the molecule is CCN(CC)c1ccc2c(-c3ccccc3C(=O)OCC(O)COC(=O)C(C)(C)CC)c3ccc(=[N+](CC)CC)cc-3oc2c1. The summed E-state index contributed by atoms with van der Waals surface area (Å²) in [5.74, 6) is -0.261. The van der Waals surface area contributed by atoms with Crippen molar-refractivity contribution >= 4 is 28.6 Å². The number of aliphatic hydroxyl groups excluding tert-OH is 1. The van der Waals surface area contributed by atoms with Gasteiger partial charge >= 0.3 is 11.9 Å². The average Bonchev–Trinajstić information content (AvgIpc) is 3.05. The second kappa shape index (κ2) is 14.7. The number of nitrogens with zero attached hydrogens (tertiary/aromatic N) is 2. The van der Waals surface area contributed by atoms with E-state index in [1.165, 1.54) is 0 Å². The van der Waals surface area contributed by atoms with E-state index in [9.17, 15) is 14.7 Å². The second-order valence-corrected chi connectivity index (χ2v) is 11.8. The molecule has 0 aromatic heterocycles. The van der Waals surface area contributed by atoms with Crippen LogP contribution in [0.5, 0.6) is 0 Å². The number of hydrogen-bond donors (Lipinski definition) is 1. The molecule has 45 heavy (non-hydrogen) atoms. The highest BCUT2D eigenvalue weighted by Crippen LogP contribution is 2.42. The molecule has 1 N–H and O–H groups in total. The Bertz CT molecular complexity index is 1680. The zero-order valence-corrected chi connectivity index (χ0v) is 27.7. The van der Waals surface area contributed by atoms with Gasteiger partial charge in [0.2, 0.25) is 5.36 Å². The van der Waals surface area contributed by atoms with Gasteiger partial charge in [0.15, 0.2) is 0 Å². The number of hydrogen-bond acceptors (Lipinski definition) is 7. The van der Waals surface area contributed by atoms with Gasteiger partial charge in [-0.25, -0.2) is 9.37 Å². The van der Waals surface area contributed by atoms with Gasteiger partial charge < -0.3 is 23.9 Å². The fourth-order valence-electron chi connectivity index (χ4n) is 5.42. The van der Waals surface area contributed by atoms with Crippen molar-refractivity contribution in [2.75, 3.05) is 44.3 Å². The van der Waals surface area contributed by atoms with Crippen molar-refractivity contribution in [3.63, 3.8) is 0 Å². The van der Waals surface area contributed by atoms with Crippen molar-refractivity contribution < 1.29 is 28.6 Å². The van der Waals surface area contributed by atoms with E-state index in [-0.39, 0.29) is 13.2 Å². The highest BCUT2D eigenvalue weighted by molar-refractivity contribution is 6.08. The summed E-state index contributed by atoms with van der Waals surface area (Å²) in [7, 11) is 0. The fraction of sp³-hybridized carbons (Fsp3) is 0.432. The predicted molar refractivity (Wildman–Crippen MR) is 180 cm³/mol. The average molecular weight is 616 g/mol. The maximum atomic E-state index is 13.5. The number of ether oxygens (including phenoxy) is 2. The fourth-order valence-corrected chi connectivity index (χ4v) is 5.42. The summed E-state index contributed by atoms with van der Waals surface area (Å²) in [6.45, 7) is 16.9. The van der Waals surface area contributed by atoms with Gasteiger partial charge in [0, 0.05) is 47.4 Å². The molecule has 1 aliphatic heterocycles. The van der Waals surface area contributed by atoms with Crippen molar-refractivity contribution in [3.05, 3.63) is 71.6 Å². The van der Waals surface area contributed by atoms with E-state index >= 15 is 0 Å². The third kappa shape index (κ3) is 7.39. The zero-order valence-electron chi connectivity index (χ0n) is 27.7. The van der Waals surface area contributed by atoms with Gasteiger partial charge in [-0.2, -0.15) is 0 Å². The lowest BCUT2D eigenvalue weighted by atomic mass is 9.90. The van der Waals surface area contributed by atoms with Gasteiger partial charge in [0.1, 0.15) is 43.8 Å². The molecule has 2 aromatic rings. The summed E-state index contributed by atoms with van der Waals surface area (Å²) in [4.78, 5) is 28.1. The molecular weight excluding hydrogens is 568 g/mol. The van der Waals surface area contributed by atoms with Crippen LogP contribution < -0.4 is 14.8 Å². The maximum absolute atomic E-state index is 13.5. The second-order valence-electron chi connectivity index (χ2n) is 11.8. The summed E-state index contributed by atoms with van der Waals surface area (Å²) in [6.07, 6.45) is -0.538. The Labute approximate surface area is 266 Å². The molecular formula is C37H47N2O6+. The van der Waals surface area contributed by atoms with E-state index in [2.05, 4.69) is 73.6 Å². The Balaban J connectivity index is 1.77. The lowest BCUT2D eigenvalue weighted by molar-refractivity contribution is -0.157. The van der Waals surface area contributed by atoms with Crippen LogP contribution in [0.3, 0.4) is 0 Å². The molecule has 1 heterocycles. The number of esters is 2. The normalized spacial score (nSPS) is 12.3. The van der Waals surface area contributed by atoms with Gasteiger partial charge in [-0.1, -0.05) is 25.1 Å². The molecule has 0 amide bonds. The minimum atomic E-state index is -1.15. The Morgan fingerprint density at radius 3 is 2.24 bits per heavy atom. The van der Waals surface area contributed by atoms with Gasteiger partial charge in [0.25, 0.3) is 0 Å². The third-order valence-electron chi connectivity index (χ3n) is 8.61. The highest BCUT2D eigenvalue weighted by Gasteiger charge is 2.28. The van der Waals surface area contributed by atoms with Gasteiger partial charge in [0.05, 0.1) is 17.0 Å². The summed E-state index contributed by atoms with van der Waals surface area (Å²) in [5.41, 5.74) is 3.93. The molecule has 2 aromatic carbocycles. The smallest absolute Gasteiger partial charge is 0.338 e. The number of fused-ring (bicyclic) bond motifs is 2. The number of anilines is 1. The van der Waals surface area contributed by atoms with Crippen LogP contribution in [0.15, 0.2) is 65.1 Å². The minimum Gasteiger partial charge on any atom is -0.462 e. The largest absolute Gasteiger partial charge is 0.462 e. The van der Waals surface area contributed by atoms with Crippen LogP contribution in [-0.2, 0) is 14.3 Å². The van der Waals surface area contributed by atoms with Gasteiger partial charge in [-0.05, 0) is 77.8 Å². The third-order valence-corrected chi connectivity index (χ3v) is 8.61. The Morgan fingerprint density at radius 2 is 1.58 bits per heavy atom. The number of carbonyl (C=O) groups is 2. The van der Waals surface area contributed by atoms with Crippen LogP contribution in [0.4, 0.5) is 5.69 Å². The van der Waals surface area contributed by atoms with Gasteiger partial charge in [-0.15, -0.1) is 0 Å². The quantitative estimate of drug-likeness (QED) is 0.106. The Kier molecular flexibility index (Phi) is 11.0. The standard InChI is InChI=1S/C37H47N2O6/c1-8-37(6,7)36(42)44-24-27(40)23-43-35(41)29-16-14-13-15-28(29)34-30-19-17-25(38(9-2)10-3)21-32(30)45-33-22-26(18-20-31(33)34)39(11-4)12-5/h13-22,27,40H,8-12,23-24H2,1-7H3/q+1. The van der Waals surface area contributed by atoms with Crippen molar-refractivity contribution in [2.24, 2.45) is 5.41 Å². The number of rotatable bonds is 13. The molecule has 0 saturated carbocycles. The van der Waals surface area contributed by atoms with Crippen molar-refractivity contribution in [2.45, 2.75) is 61.0 Å². The number of carbonyl (C=O) groups excluding carboxylic acids is 2. The van der Waals surface area contributed by atoms with Gasteiger partial charge in [-0.3, -0.25) is 4.79 Å². The van der Waals surface area contributed by atoms with E-state index in [4.69, 9.17) is 13.9 Å². The van der Waals surface area contributed by atoms with Crippen LogP contribution in [0.1, 0.15) is 65.2 Å². The number of benzene rings is 3. The van der Waals surface area contributed by atoms with E-state index < -0.39 is 23.5 Å². The van der Waals surface area contributed by atoms with Crippen LogP contribution in [-0.4, -0.2) is 62.5 Å². The van der Waals surface area contributed by atoms with Crippen LogP contribution in [0.2, 0.25) is 0 Å². The van der Waals surface area contributed by atoms with E-state index in [1.807, 2.05) is 19.1 Å². The first-order chi connectivity index (χ1) is 21.6. The molecule has 0 radical (unpaired) electrons. The molecule has 8 nitrogen and oxygen atoms in total. The van der Waals surface area contributed by atoms with Crippen LogP contribution in [0.25, 0.3) is 33.4 Å². The summed E-state index contributed by atoms with van der Waals surface area (Å²) in [5, 5.41) is 12.4. The molecule has 0 spiro atoms. The van der Waals surface area contributed by atoms with Crippen molar-refractivity contribution in [3.8, 4) is 22.5 Å². The molecule has 1 aliphatic carbocycles. The molecule has 4 rings (SSSR count). The van der Waals surface area contributed by atoms with E-state index in [0.717, 1.165) is 53.7 Å². The highest BCUT2D eigenvalue weighted by atomic mass is 16.6. The predicted octanol–water partition coefficient (Wildman–Crippen LogP) is 6.36. The summed E-state index contributed by atoms with van der Waals surface area (Å²) >= 11 is 0. The summed E-state index contributed by atoms with van der Waals surface area (Å²) in [6, 6.07) is 19.7. The topological polar surface area (TPSA) is 92.2 Å². The van der Waals surface area contributed by atoms with E-state index in [0.29, 0.717) is 28.9 Å². The first-order valence-corrected chi connectivity index (χ1v) is 16.0. The Morgan fingerprint density at radius 1 is 0.889 bits per heavy atom. The molecule has 0 fully saturated rings. The lowest BCUT2D eigenvalue weighted by Gasteiger charge is -2.23. The monoisotopic (exact) mass is 615 g/mol. The van der Waals surface area contributed by atoms with Crippen LogP contribution in [0, 0.1) is 5.41 Å². The molecule has 240 valence electrons. The molecule has 0 bridgehead atoms. The Hall–Kier alpha value is -4.17. The lowest BCUT2D eigenvalue weighted by Crippen LogP contribution is -2.31. The van der Waals surface area contributed by atoms with E-state index in [1.54, 1.807) is 26.0 Å². The zero-order chi connectivity index (χ0) is 32.7. The first-order valence-electron chi connectivity index (χ1n) is 16.0. The summed E-state index contributed by atoms with van der Waals surface area (Å²) < 4.78 is 19.7. The first kappa shape index (κ1) is 33.7. The molecule has 1 unspecified atom stereocenters. The van der Waals surface area contributed by atoms with Crippen LogP contribution >= 0.6 is 0 Å². The van der Waals surface area contributed by atoms with Crippen molar-refractivity contribution in [1.29, 1.82) is 0 Å².